The van der Waals surface area contributed by atoms with Crippen molar-refractivity contribution in [2.75, 3.05) is 7.11 Å². The maximum absolute atomic E-state index is 13.4. The van der Waals surface area contributed by atoms with Crippen molar-refractivity contribution < 1.29 is 35.5 Å². The molecule has 0 radical (unpaired) electrons. The summed E-state index contributed by atoms with van der Waals surface area (Å²) in [6, 6.07) is 7.64. The zero-order valence-corrected chi connectivity index (χ0v) is 10.7. The third-order valence-corrected chi connectivity index (χ3v) is 2.65. The van der Waals surface area contributed by atoms with Crippen molar-refractivity contribution in [2.45, 2.75) is 24.1 Å². The molecule has 1 atom stereocenters. The van der Waals surface area contributed by atoms with E-state index in [1.54, 1.807) is 18.2 Å². The molecule has 0 saturated heterocycles. The topological polar surface area (TPSA) is 9.23 Å². The highest BCUT2D eigenvalue weighted by Gasteiger charge is 2.75. The Labute approximate surface area is 116 Å². The number of rotatable bonds is 5. The number of benzene rings is 1. The van der Waals surface area contributed by atoms with E-state index in [2.05, 4.69) is 4.74 Å². The number of hydrogen-bond donors (Lipinski definition) is 0. The van der Waals surface area contributed by atoms with Gasteiger partial charge < -0.3 is 4.74 Å². The first-order valence-corrected chi connectivity index (χ1v) is 5.62. The van der Waals surface area contributed by atoms with Crippen LogP contribution in [0.15, 0.2) is 36.4 Å². The summed E-state index contributed by atoms with van der Waals surface area (Å²) in [7, 11) is 0.625. The second-order valence-corrected chi connectivity index (χ2v) is 4.12. The first kappa shape index (κ1) is 17.5. The maximum Gasteiger partial charge on any atom is 0.459 e. The summed E-state index contributed by atoms with van der Waals surface area (Å²) in [5.41, 5.74) is 0.352. The van der Waals surface area contributed by atoms with Crippen LogP contribution in [0, 0.1) is 0 Å². The second kappa shape index (κ2) is 6.05. The molecule has 0 aliphatic rings. The standard InChI is InChI=1S/C13H11F7O/c1-21-10(8-7-9-5-3-2-4-6-9)11(14,15)12(16,17)13(18,19)20/h2-8,10H,1H3. The predicted molar refractivity (Wildman–Crippen MR) is 62.2 cm³/mol. The van der Waals surface area contributed by atoms with Gasteiger partial charge in [-0.15, -0.1) is 0 Å². The number of hydrogen-bond acceptors (Lipinski definition) is 1. The van der Waals surface area contributed by atoms with Crippen LogP contribution < -0.4 is 0 Å². The van der Waals surface area contributed by atoms with Gasteiger partial charge in [0.25, 0.3) is 0 Å². The molecule has 0 aromatic heterocycles. The van der Waals surface area contributed by atoms with E-state index >= 15 is 0 Å². The first-order valence-electron chi connectivity index (χ1n) is 5.62. The van der Waals surface area contributed by atoms with Gasteiger partial charge in [0.15, 0.2) is 0 Å². The van der Waals surface area contributed by atoms with Gasteiger partial charge in [0.1, 0.15) is 6.10 Å². The zero-order chi connectivity index (χ0) is 16.3. The van der Waals surface area contributed by atoms with Gasteiger partial charge in [0, 0.05) is 7.11 Å². The van der Waals surface area contributed by atoms with Crippen molar-refractivity contribution in [3.05, 3.63) is 42.0 Å². The Hall–Kier alpha value is -1.57. The molecule has 1 aromatic rings. The number of halogens is 7. The molecule has 21 heavy (non-hydrogen) atoms. The highest BCUT2D eigenvalue weighted by atomic mass is 19.4. The SMILES string of the molecule is COC(C=Cc1ccccc1)C(F)(F)C(F)(F)C(F)(F)F. The fourth-order valence-corrected chi connectivity index (χ4v) is 1.48. The van der Waals surface area contributed by atoms with Gasteiger partial charge in [-0.05, 0) is 11.6 Å². The minimum atomic E-state index is -6.38. The van der Waals surface area contributed by atoms with Crippen molar-refractivity contribution in [3.8, 4) is 0 Å². The summed E-state index contributed by atoms with van der Waals surface area (Å²) >= 11 is 0. The first-order chi connectivity index (χ1) is 9.54. The lowest BCUT2D eigenvalue weighted by molar-refractivity contribution is -0.368. The molecular weight excluding hydrogens is 305 g/mol. The predicted octanol–water partition coefficient (Wildman–Crippen LogP) is 4.55. The minimum absolute atomic E-state index is 0.352. The quantitative estimate of drug-likeness (QED) is 0.724. The Morgan fingerprint density at radius 1 is 0.952 bits per heavy atom. The van der Waals surface area contributed by atoms with Gasteiger partial charge in [-0.3, -0.25) is 0 Å². The summed E-state index contributed by atoms with van der Waals surface area (Å²) in [4.78, 5) is 0. The van der Waals surface area contributed by atoms with Crippen molar-refractivity contribution >= 4 is 6.08 Å². The van der Waals surface area contributed by atoms with Gasteiger partial charge in [-0.25, -0.2) is 0 Å². The summed E-state index contributed by atoms with van der Waals surface area (Å²) in [6.45, 7) is 0. The normalized spacial score (nSPS) is 15.4. The molecule has 118 valence electrons. The minimum Gasteiger partial charge on any atom is -0.371 e. The van der Waals surface area contributed by atoms with Crippen LogP contribution in [-0.4, -0.2) is 31.2 Å². The van der Waals surface area contributed by atoms with E-state index in [1.165, 1.54) is 12.1 Å². The lowest BCUT2D eigenvalue weighted by atomic mass is 10.0. The van der Waals surface area contributed by atoms with Crippen molar-refractivity contribution in [2.24, 2.45) is 0 Å². The van der Waals surface area contributed by atoms with Crippen LogP contribution in [0.4, 0.5) is 30.7 Å². The Balaban J connectivity index is 3.06. The Bertz CT molecular complexity index is 479. The monoisotopic (exact) mass is 316 g/mol. The maximum atomic E-state index is 13.4. The molecule has 0 saturated carbocycles. The molecule has 0 bridgehead atoms. The van der Waals surface area contributed by atoms with E-state index < -0.39 is 24.1 Å². The van der Waals surface area contributed by atoms with E-state index in [9.17, 15) is 30.7 Å². The summed E-state index contributed by atoms with van der Waals surface area (Å²) < 4.78 is 92.9. The Morgan fingerprint density at radius 3 is 1.90 bits per heavy atom. The molecule has 0 spiro atoms. The number of methoxy groups -OCH3 is 1. The van der Waals surface area contributed by atoms with Crippen LogP contribution in [0.2, 0.25) is 0 Å². The third-order valence-electron chi connectivity index (χ3n) is 2.65. The van der Waals surface area contributed by atoms with Crippen molar-refractivity contribution in [3.63, 3.8) is 0 Å². The second-order valence-electron chi connectivity index (χ2n) is 4.12. The third kappa shape index (κ3) is 3.55. The molecule has 1 rings (SSSR count). The molecule has 0 amide bonds. The van der Waals surface area contributed by atoms with Gasteiger partial charge >= 0.3 is 18.0 Å². The summed E-state index contributed by atoms with van der Waals surface area (Å²) in [6.07, 6.45) is -7.66. The molecule has 8 heteroatoms. The number of alkyl halides is 7. The summed E-state index contributed by atoms with van der Waals surface area (Å²) in [5.74, 6) is -11.6. The van der Waals surface area contributed by atoms with Gasteiger partial charge in [0.05, 0.1) is 0 Å². The summed E-state index contributed by atoms with van der Waals surface area (Å²) in [5, 5.41) is 0. The highest BCUT2D eigenvalue weighted by molar-refractivity contribution is 5.49. The molecule has 1 unspecified atom stereocenters. The molecule has 0 fully saturated rings. The van der Waals surface area contributed by atoms with Crippen LogP contribution >= 0.6 is 0 Å². The Kier molecular flexibility index (Phi) is 5.03. The van der Waals surface area contributed by atoms with Crippen LogP contribution in [-0.2, 0) is 4.74 Å². The van der Waals surface area contributed by atoms with Gasteiger partial charge in [0.2, 0.25) is 0 Å². The lowest BCUT2D eigenvalue weighted by Crippen LogP contribution is -2.57. The fourth-order valence-electron chi connectivity index (χ4n) is 1.48. The number of ether oxygens (including phenoxy) is 1. The van der Waals surface area contributed by atoms with Crippen LogP contribution in [0.1, 0.15) is 5.56 Å². The molecule has 1 aromatic carbocycles. The van der Waals surface area contributed by atoms with E-state index in [1.807, 2.05) is 0 Å². The largest absolute Gasteiger partial charge is 0.459 e. The molecule has 0 aliphatic heterocycles. The van der Waals surface area contributed by atoms with E-state index in [0.717, 1.165) is 6.08 Å². The smallest absolute Gasteiger partial charge is 0.371 e. The van der Waals surface area contributed by atoms with Crippen LogP contribution in [0.25, 0.3) is 6.08 Å². The fraction of sp³-hybridized carbons (Fsp3) is 0.385. The average molecular weight is 316 g/mol. The van der Waals surface area contributed by atoms with Crippen LogP contribution in [0.3, 0.4) is 0 Å². The van der Waals surface area contributed by atoms with Crippen molar-refractivity contribution in [1.29, 1.82) is 0 Å². The average Bonchev–Trinajstić information content (AvgIpc) is 2.39. The highest BCUT2D eigenvalue weighted by Crippen LogP contribution is 2.48. The Morgan fingerprint density at radius 2 is 1.48 bits per heavy atom. The lowest BCUT2D eigenvalue weighted by Gasteiger charge is -2.31. The zero-order valence-electron chi connectivity index (χ0n) is 10.7. The molecule has 1 nitrogen and oxygen atoms in total. The van der Waals surface area contributed by atoms with E-state index in [4.69, 9.17) is 0 Å². The van der Waals surface area contributed by atoms with Gasteiger partial charge in [-0.1, -0.05) is 36.4 Å². The molecule has 0 N–H and O–H groups in total. The van der Waals surface area contributed by atoms with E-state index in [-0.39, 0.29) is 0 Å². The molecule has 0 aliphatic carbocycles. The van der Waals surface area contributed by atoms with Gasteiger partial charge in [-0.2, -0.15) is 30.7 Å². The van der Waals surface area contributed by atoms with E-state index in [0.29, 0.717) is 18.7 Å². The molecule has 0 heterocycles. The van der Waals surface area contributed by atoms with Crippen molar-refractivity contribution in [1.82, 2.24) is 0 Å². The molecular formula is C13H11F7O. The van der Waals surface area contributed by atoms with Crippen LogP contribution in [0.5, 0.6) is 0 Å².